The maximum Gasteiger partial charge on any atom is 0.130 e. The van der Waals surface area contributed by atoms with Crippen LogP contribution in [0.1, 0.15) is 18.1 Å². The minimum atomic E-state index is -0.254. The Morgan fingerprint density at radius 3 is 2.72 bits per heavy atom. The molecule has 0 aliphatic rings. The lowest BCUT2D eigenvalue weighted by Gasteiger charge is -2.08. The average Bonchev–Trinajstić information content (AvgIpc) is 2.38. The SMILES string of the molecule is CCc1cccc(OCc2ccc(Br)cc2F)c1. The third-order valence-corrected chi connectivity index (χ3v) is 3.21. The highest BCUT2D eigenvalue weighted by Crippen LogP contribution is 2.19. The van der Waals surface area contributed by atoms with Crippen LogP contribution >= 0.6 is 15.9 Å². The molecular weight excluding hydrogens is 295 g/mol. The monoisotopic (exact) mass is 308 g/mol. The van der Waals surface area contributed by atoms with Crippen LogP contribution in [-0.2, 0) is 13.0 Å². The largest absolute Gasteiger partial charge is 0.489 e. The van der Waals surface area contributed by atoms with Crippen molar-refractivity contribution in [3.8, 4) is 5.75 Å². The number of aryl methyl sites for hydroxylation is 1. The molecule has 0 saturated heterocycles. The molecule has 2 aromatic carbocycles. The van der Waals surface area contributed by atoms with Gasteiger partial charge >= 0.3 is 0 Å². The van der Waals surface area contributed by atoms with E-state index in [1.165, 1.54) is 11.6 Å². The van der Waals surface area contributed by atoms with Gasteiger partial charge < -0.3 is 4.74 Å². The minimum Gasteiger partial charge on any atom is -0.489 e. The highest BCUT2D eigenvalue weighted by Gasteiger charge is 2.04. The van der Waals surface area contributed by atoms with E-state index in [1.807, 2.05) is 30.3 Å². The van der Waals surface area contributed by atoms with Crippen LogP contribution in [0.3, 0.4) is 0 Å². The van der Waals surface area contributed by atoms with Crippen LogP contribution in [0.2, 0.25) is 0 Å². The Labute approximate surface area is 115 Å². The average molecular weight is 309 g/mol. The van der Waals surface area contributed by atoms with E-state index in [4.69, 9.17) is 4.74 Å². The van der Waals surface area contributed by atoms with E-state index < -0.39 is 0 Å². The summed E-state index contributed by atoms with van der Waals surface area (Å²) in [4.78, 5) is 0. The smallest absolute Gasteiger partial charge is 0.130 e. The molecule has 0 amide bonds. The van der Waals surface area contributed by atoms with Gasteiger partial charge in [-0.2, -0.15) is 0 Å². The highest BCUT2D eigenvalue weighted by atomic mass is 79.9. The maximum atomic E-state index is 13.6. The Hall–Kier alpha value is -1.35. The van der Waals surface area contributed by atoms with E-state index in [0.29, 0.717) is 5.56 Å². The first kappa shape index (κ1) is 13.1. The van der Waals surface area contributed by atoms with Crippen LogP contribution < -0.4 is 4.74 Å². The summed E-state index contributed by atoms with van der Waals surface area (Å²) in [6.45, 7) is 2.33. The molecule has 94 valence electrons. The number of hydrogen-bond acceptors (Lipinski definition) is 1. The van der Waals surface area contributed by atoms with Gasteiger partial charge in [0.05, 0.1) is 0 Å². The summed E-state index contributed by atoms with van der Waals surface area (Å²) < 4.78 is 19.9. The topological polar surface area (TPSA) is 9.23 Å². The first-order valence-corrected chi connectivity index (χ1v) is 6.64. The molecule has 0 radical (unpaired) electrons. The maximum absolute atomic E-state index is 13.6. The number of hydrogen-bond donors (Lipinski definition) is 0. The van der Waals surface area contributed by atoms with Crippen molar-refractivity contribution < 1.29 is 9.13 Å². The van der Waals surface area contributed by atoms with Crippen LogP contribution in [0.5, 0.6) is 5.75 Å². The van der Waals surface area contributed by atoms with E-state index >= 15 is 0 Å². The quantitative estimate of drug-likeness (QED) is 0.793. The summed E-state index contributed by atoms with van der Waals surface area (Å²) in [5, 5.41) is 0. The Morgan fingerprint density at radius 2 is 2.00 bits per heavy atom. The minimum absolute atomic E-state index is 0.242. The van der Waals surface area contributed by atoms with Crippen LogP contribution in [-0.4, -0.2) is 0 Å². The van der Waals surface area contributed by atoms with Gasteiger partial charge in [0.15, 0.2) is 0 Å². The van der Waals surface area contributed by atoms with Gasteiger partial charge in [0.1, 0.15) is 18.2 Å². The molecule has 2 rings (SSSR count). The van der Waals surface area contributed by atoms with Crippen molar-refractivity contribution in [3.05, 3.63) is 63.9 Å². The highest BCUT2D eigenvalue weighted by molar-refractivity contribution is 9.10. The van der Waals surface area contributed by atoms with Crippen LogP contribution in [0.15, 0.2) is 46.9 Å². The number of halogens is 2. The van der Waals surface area contributed by atoms with Gasteiger partial charge in [-0.05, 0) is 36.2 Å². The van der Waals surface area contributed by atoms with Gasteiger partial charge in [-0.25, -0.2) is 4.39 Å². The van der Waals surface area contributed by atoms with E-state index in [1.54, 1.807) is 6.07 Å². The molecule has 0 bridgehead atoms. The Balaban J connectivity index is 2.06. The van der Waals surface area contributed by atoms with Crippen LogP contribution in [0, 0.1) is 5.82 Å². The summed E-state index contributed by atoms with van der Waals surface area (Å²) in [6, 6.07) is 12.8. The lowest BCUT2D eigenvalue weighted by molar-refractivity contribution is 0.299. The summed E-state index contributed by atoms with van der Waals surface area (Å²) in [6.07, 6.45) is 0.962. The van der Waals surface area contributed by atoms with Gasteiger partial charge in [0.25, 0.3) is 0 Å². The first-order valence-electron chi connectivity index (χ1n) is 5.84. The molecule has 0 aromatic heterocycles. The summed E-state index contributed by atoms with van der Waals surface area (Å²) in [5.74, 6) is 0.521. The molecule has 18 heavy (non-hydrogen) atoms. The Kier molecular flexibility index (Phi) is 4.37. The molecule has 1 nitrogen and oxygen atoms in total. The zero-order valence-corrected chi connectivity index (χ0v) is 11.7. The third-order valence-electron chi connectivity index (χ3n) is 2.72. The zero-order valence-electron chi connectivity index (χ0n) is 10.1. The summed E-state index contributed by atoms with van der Waals surface area (Å²) in [5.41, 5.74) is 1.77. The van der Waals surface area contributed by atoms with Gasteiger partial charge in [-0.15, -0.1) is 0 Å². The van der Waals surface area contributed by atoms with E-state index in [9.17, 15) is 4.39 Å². The molecule has 0 N–H and O–H groups in total. The lowest BCUT2D eigenvalue weighted by Crippen LogP contribution is -1.98. The number of rotatable bonds is 4. The van der Waals surface area contributed by atoms with Crippen LogP contribution in [0.25, 0.3) is 0 Å². The second kappa shape index (κ2) is 6.01. The predicted octanol–water partition coefficient (Wildman–Crippen LogP) is 4.73. The summed E-state index contributed by atoms with van der Waals surface area (Å²) in [7, 11) is 0. The zero-order chi connectivity index (χ0) is 13.0. The fourth-order valence-corrected chi connectivity index (χ4v) is 1.99. The van der Waals surface area contributed by atoms with Gasteiger partial charge in [-0.3, -0.25) is 0 Å². The molecular formula is C15H14BrFO. The fourth-order valence-electron chi connectivity index (χ4n) is 1.66. The Morgan fingerprint density at radius 1 is 1.17 bits per heavy atom. The van der Waals surface area contributed by atoms with Gasteiger partial charge in [0, 0.05) is 10.0 Å². The van der Waals surface area contributed by atoms with Crippen molar-refractivity contribution in [2.45, 2.75) is 20.0 Å². The molecule has 0 aliphatic heterocycles. The fraction of sp³-hybridized carbons (Fsp3) is 0.200. The van der Waals surface area contributed by atoms with Gasteiger partial charge in [0.2, 0.25) is 0 Å². The normalized spacial score (nSPS) is 10.4. The third kappa shape index (κ3) is 3.33. The van der Waals surface area contributed by atoms with E-state index in [2.05, 4.69) is 22.9 Å². The standard InChI is InChI=1S/C15H14BrFO/c1-2-11-4-3-5-14(8-11)18-10-12-6-7-13(16)9-15(12)17/h3-9H,2,10H2,1H3. The molecule has 0 spiro atoms. The predicted molar refractivity (Wildman–Crippen MR) is 74.3 cm³/mol. The van der Waals surface area contributed by atoms with Crippen molar-refractivity contribution in [1.82, 2.24) is 0 Å². The molecule has 2 aromatic rings. The number of ether oxygens (including phenoxy) is 1. The molecule has 0 heterocycles. The summed E-state index contributed by atoms with van der Waals surface area (Å²) >= 11 is 3.23. The number of benzene rings is 2. The first-order chi connectivity index (χ1) is 8.69. The van der Waals surface area contributed by atoms with Crippen molar-refractivity contribution in [1.29, 1.82) is 0 Å². The van der Waals surface area contributed by atoms with Crippen molar-refractivity contribution >= 4 is 15.9 Å². The molecule has 3 heteroatoms. The lowest BCUT2D eigenvalue weighted by atomic mass is 10.1. The van der Waals surface area contributed by atoms with Gasteiger partial charge in [-0.1, -0.05) is 41.1 Å². The molecule has 0 saturated carbocycles. The molecule has 0 fully saturated rings. The van der Waals surface area contributed by atoms with E-state index in [0.717, 1.165) is 16.6 Å². The van der Waals surface area contributed by atoms with Crippen molar-refractivity contribution in [2.24, 2.45) is 0 Å². The Bertz CT molecular complexity index is 540. The van der Waals surface area contributed by atoms with Crippen molar-refractivity contribution in [2.75, 3.05) is 0 Å². The van der Waals surface area contributed by atoms with Crippen molar-refractivity contribution in [3.63, 3.8) is 0 Å². The van der Waals surface area contributed by atoms with Crippen LogP contribution in [0.4, 0.5) is 4.39 Å². The van der Waals surface area contributed by atoms with E-state index in [-0.39, 0.29) is 12.4 Å². The molecule has 0 atom stereocenters. The molecule has 0 unspecified atom stereocenters. The molecule has 0 aliphatic carbocycles. The second-order valence-electron chi connectivity index (χ2n) is 4.03. The second-order valence-corrected chi connectivity index (χ2v) is 4.94.